The molecule has 0 spiro atoms. The van der Waals surface area contributed by atoms with Crippen molar-refractivity contribution in [2.24, 2.45) is 0 Å². The number of aromatic nitrogens is 3. The SMILES string of the molecule is CC1(S(=O)Nc2ccc(Oc3ncsc3-c3ccnc(NC4CCCCC4)n3)c3ccccc23)CC1. The fourth-order valence-corrected chi connectivity index (χ4v) is 6.38. The summed E-state index contributed by atoms with van der Waals surface area (Å²) in [7, 11) is -1.13. The van der Waals surface area contributed by atoms with Crippen LogP contribution < -0.4 is 14.8 Å². The lowest BCUT2D eigenvalue weighted by Gasteiger charge is -2.22. The first-order valence-corrected chi connectivity index (χ1v) is 14.5. The summed E-state index contributed by atoms with van der Waals surface area (Å²) in [6.45, 7) is 2.06. The third-order valence-corrected chi connectivity index (χ3v) is 9.60. The number of nitrogens with one attached hydrogen (secondary N) is 2. The molecule has 0 aliphatic heterocycles. The van der Waals surface area contributed by atoms with Crippen LogP contribution >= 0.6 is 11.3 Å². The summed E-state index contributed by atoms with van der Waals surface area (Å²) in [5.74, 6) is 1.86. The molecule has 2 N–H and O–H groups in total. The Labute approximate surface area is 217 Å². The predicted octanol–water partition coefficient (Wildman–Crippen LogP) is 6.92. The van der Waals surface area contributed by atoms with E-state index in [0.717, 1.165) is 52.7 Å². The number of benzene rings is 2. The maximum absolute atomic E-state index is 12.8. The first-order valence-electron chi connectivity index (χ1n) is 12.5. The molecule has 36 heavy (non-hydrogen) atoms. The quantitative estimate of drug-likeness (QED) is 0.263. The zero-order valence-corrected chi connectivity index (χ0v) is 21.8. The molecule has 4 aromatic rings. The highest BCUT2D eigenvalue weighted by molar-refractivity contribution is 7.88. The third-order valence-electron chi connectivity index (χ3n) is 7.06. The van der Waals surface area contributed by atoms with Crippen LogP contribution in [0.25, 0.3) is 21.3 Å². The molecule has 2 saturated carbocycles. The van der Waals surface area contributed by atoms with Crippen molar-refractivity contribution < 1.29 is 8.95 Å². The molecule has 2 fully saturated rings. The summed E-state index contributed by atoms with van der Waals surface area (Å²) in [6.07, 6.45) is 9.89. The number of rotatable bonds is 8. The van der Waals surface area contributed by atoms with E-state index in [-0.39, 0.29) is 4.75 Å². The Morgan fingerprint density at radius 1 is 1.03 bits per heavy atom. The van der Waals surface area contributed by atoms with Crippen LogP contribution in [0.15, 0.2) is 54.2 Å². The molecule has 2 aromatic heterocycles. The summed E-state index contributed by atoms with van der Waals surface area (Å²) in [5.41, 5.74) is 3.41. The van der Waals surface area contributed by atoms with Crippen molar-refractivity contribution in [1.29, 1.82) is 0 Å². The van der Waals surface area contributed by atoms with Crippen LogP contribution in [0.2, 0.25) is 0 Å². The van der Waals surface area contributed by atoms with Crippen molar-refractivity contribution in [3.63, 3.8) is 0 Å². The lowest BCUT2D eigenvalue weighted by molar-refractivity contribution is 0.461. The van der Waals surface area contributed by atoms with Crippen molar-refractivity contribution >= 4 is 44.7 Å². The van der Waals surface area contributed by atoms with E-state index in [1.165, 1.54) is 30.6 Å². The Morgan fingerprint density at radius 2 is 1.83 bits per heavy atom. The summed E-state index contributed by atoms with van der Waals surface area (Å²) in [6, 6.07) is 14.2. The zero-order chi connectivity index (χ0) is 24.5. The average Bonchev–Trinajstić information content (AvgIpc) is 3.50. The maximum Gasteiger partial charge on any atom is 0.239 e. The summed E-state index contributed by atoms with van der Waals surface area (Å²) >= 11 is 1.50. The molecule has 0 saturated heterocycles. The highest BCUT2D eigenvalue weighted by Gasteiger charge is 2.44. The number of hydrogen-bond donors (Lipinski definition) is 2. The molecule has 2 aliphatic rings. The summed E-state index contributed by atoms with van der Waals surface area (Å²) < 4.78 is 22.2. The Kier molecular flexibility index (Phi) is 6.35. The van der Waals surface area contributed by atoms with Crippen molar-refractivity contribution in [3.8, 4) is 22.2 Å². The summed E-state index contributed by atoms with van der Waals surface area (Å²) in [4.78, 5) is 14.6. The number of nitrogens with zero attached hydrogens (tertiary/aromatic N) is 3. The van der Waals surface area contributed by atoms with Crippen LogP contribution in [0, 0.1) is 0 Å². The van der Waals surface area contributed by atoms with E-state index >= 15 is 0 Å². The van der Waals surface area contributed by atoms with Crippen LogP contribution in [0.5, 0.6) is 11.6 Å². The van der Waals surface area contributed by atoms with E-state index in [0.29, 0.717) is 23.6 Å². The maximum atomic E-state index is 12.8. The van der Waals surface area contributed by atoms with Crippen molar-refractivity contribution in [2.75, 3.05) is 10.0 Å². The summed E-state index contributed by atoms with van der Waals surface area (Å²) in [5, 5.41) is 5.40. The van der Waals surface area contributed by atoms with Gasteiger partial charge in [-0.3, -0.25) is 0 Å². The Bertz CT molecular complexity index is 1410. The normalized spacial score (nSPS) is 18.0. The van der Waals surface area contributed by atoms with E-state index in [1.54, 1.807) is 11.7 Å². The second-order valence-corrected chi connectivity index (χ2v) is 12.4. The molecule has 0 bridgehead atoms. The Morgan fingerprint density at radius 3 is 2.64 bits per heavy atom. The molecule has 1 atom stereocenters. The van der Waals surface area contributed by atoms with Crippen LogP contribution in [0.3, 0.4) is 0 Å². The molecule has 0 amide bonds. The molecule has 186 valence electrons. The molecule has 2 aromatic carbocycles. The van der Waals surface area contributed by atoms with Gasteiger partial charge in [-0.05, 0) is 50.8 Å². The van der Waals surface area contributed by atoms with Gasteiger partial charge in [0.05, 0.1) is 21.6 Å². The second-order valence-electron chi connectivity index (χ2n) is 9.81. The molecule has 7 nitrogen and oxygen atoms in total. The van der Waals surface area contributed by atoms with E-state index in [4.69, 9.17) is 9.72 Å². The zero-order valence-electron chi connectivity index (χ0n) is 20.2. The first-order chi connectivity index (χ1) is 17.6. The molecule has 9 heteroatoms. The minimum Gasteiger partial charge on any atom is -0.437 e. The smallest absolute Gasteiger partial charge is 0.239 e. The van der Waals surface area contributed by atoms with Gasteiger partial charge < -0.3 is 14.8 Å². The van der Waals surface area contributed by atoms with Gasteiger partial charge in [0, 0.05) is 23.0 Å². The molecule has 0 radical (unpaired) electrons. The standard InChI is InChI=1S/C27H29N5O2S2/c1-27(14-15-27)36(33)32-21-11-12-23(20-10-6-5-9-19(20)21)34-25-24(35-17-29-25)22-13-16-28-26(31-22)30-18-7-3-2-4-8-18/h5-6,9-13,16-18,32H,2-4,7-8,14-15H2,1H3,(H,28,30,31). The van der Waals surface area contributed by atoms with Gasteiger partial charge >= 0.3 is 0 Å². The Balaban J connectivity index is 1.26. The number of fused-ring (bicyclic) bond motifs is 1. The van der Waals surface area contributed by atoms with Crippen LogP contribution in [0.1, 0.15) is 51.9 Å². The largest absolute Gasteiger partial charge is 0.437 e. The van der Waals surface area contributed by atoms with Gasteiger partial charge in [-0.25, -0.2) is 19.2 Å². The lowest BCUT2D eigenvalue weighted by Crippen LogP contribution is -2.23. The van der Waals surface area contributed by atoms with Gasteiger partial charge in [0.25, 0.3) is 0 Å². The number of hydrogen-bond acceptors (Lipinski definition) is 7. The number of thiazole rings is 1. The molecule has 1 unspecified atom stereocenters. The van der Waals surface area contributed by atoms with E-state index in [1.807, 2.05) is 42.5 Å². The second kappa shape index (κ2) is 9.78. The lowest BCUT2D eigenvalue weighted by atomic mass is 9.96. The third kappa shape index (κ3) is 4.82. The Hall–Kier alpha value is -3.04. The molecule has 2 aliphatic carbocycles. The van der Waals surface area contributed by atoms with Gasteiger partial charge in [-0.2, -0.15) is 0 Å². The average molecular weight is 520 g/mol. The molecular weight excluding hydrogens is 490 g/mol. The fraction of sp³-hybridized carbons (Fsp3) is 0.370. The highest BCUT2D eigenvalue weighted by atomic mass is 32.2. The minimum absolute atomic E-state index is 0.131. The van der Waals surface area contributed by atoms with Crippen LogP contribution in [0.4, 0.5) is 11.6 Å². The van der Waals surface area contributed by atoms with Gasteiger partial charge in [0.15, 0.2) is 0 Å². The van der Waals surface area contributed by atoms with Gasteiger partial charge in [-0.1, -0.05) is 43.5 Å². The van der Waals surface area contributed by atoms with Gasteiger partial charge in [0.1, 0.15) is 21.6 Å². The van der Waals surface area contributed by atoms with Crippen molar-refractivity contribution in [3.05, 3.63) is 54.2 Å². The fourth-order valence-electron chi connectivity index (χ4n) is 4.60. The molecule has 6 rings (SSSR count). The highest BCUT2D eigenvalue weighted by Crippen LogP contribution is 2.43. The van der Waals surface area contributed by atoms with E-state index in [9.17, 15) is 4.21 Å². The van der Waals surface area contributed by atoms with Crippen LogP contribution in [-0.2, 0) is 11.0 Å². The van der Waals surface area contributed by atoms with Crippen LogP contribution in [-0.4, -0.2) is 29.9 Å². The van der Waals surface area contributed by atoms with Gasteiger partial charge in [-0.15, -0.1) is 11.3 Å². The number of anilines is 2. The van der Waals surface area contributed by atoms with E-state index < -0.39 is 11.0 Å². The minimum atomic E-state index is -1.13. The molecule has 2 heterocycles. The van der Waals surface area contributed by atoms with Gasteiger partial charge in [0.2, 0.25) is 11.8 Å². The predicted molar refractivity (Wildman–Crippen MR) is 147 cm³/mol. The number of ether oxygens (including phenoxy) is 1. The topological polar surface area (TPSA) is 89.0 Å². The monoisotopic (exact) mass is 519 g/mol. The molecular formula is C27H29N5O2S2. The first kappa shape index (κ1) is 23.4. The van der Waals surface area contributed by atoms with Crippen molar-refractivity contribution in [1.82, 2.24) is 15.0 Å². The van der Waals surface area contributed by atoms with E-state index in [2.05, 4.69) is 26.9 Å². The van der Waals surface area contributed by atoms with Crippen molar-refractivity contribution in [2.45, 2.75) is 62.7 Å².